The van der Waals surface area contributed by atoms with E-state index in [-0.39, 0.29) is 15.9 Å². The summed E-state index contributed by atoms with van der Waals surface area (Å²) in [5.41, 5.74) is 0.425. The summed E-state index contributed by atoms with van der Waals surface area (Å²) in [6.45, 7) is 3.26. The normalized spacial score (nSPS) is 10.5. The Morgan fingerprint density at radius 3 is 2.33 bits per heavy atom. The lowest BCUT2D eigenvalue weighted by Gasteiger charge is -2.13. The molecule has 21 heavy (non-hydrogen) atoms. The van der Waals surface area contributed by atoms with E-state index in [0.29, 0.717) is 11.3 Å². The summed E-state index contributed by atoms with van der Waals surface area (Å²) in [6.07, 6.45) is 0. The molecule has 0 bridgehead atoms. The standard InChI is InChI=1S/C14H11BrF2N2O2/c1-6-3-7(2)18-13(11(6)14(20)21)19-12-9(16)4-8(15)5-10(12)17/h3-5H,1-2H3,(H,18,19)(H,20,21). The fourth-order valence-corrected chi connectivity index (χ4v) is 2.38. The van der Waals surface area contributed by atoms with Crippen LogP contribution in [0.15, 0.2) is 22.7 Å². The molecule has 0 fully saturated rings. The van der Waals surface area contributed by atoms with Gasteiger partial charge in [0.15, 0.2) is 11.6 Å². The SMILES string of the molecule is Cc1cc(C)c(C(=O)O)c(Nc2c(F)cc(Br)cc2F)n1. The van der Waals surface area contributed by atoms with Gasteiger partial charge in [-0.15, -0.1) is 0 Å². The Morgan fingerprint density at radius 1 is 1.24 bits per heavy atom. The molecule has 2 rings (SSSR count). The number of hydrogen-bond acceptors (Lipinski definition) is 3. The van der Waals surface area contributed by atoms with Crippen molar-refractivity contribution in [1.29, 1.82) is 0 Å². The summed E-state index contributed by atoms with van der Waals surface area (Å²) >= 11 is 2.98. The zero-order valence-electron chi connectivity index (χ0n) is 11.2. The maximum Gasteiger partial charge on any atom is 0.339 e. The Labute approximate surface area is 128 Å². The second-order valence-corrected chi connectivity index (χ2v) is 5.39. The van der Waals surface area contributed by atoms with E-state index >= 15 is 0 Å². The molecule has 0 radical (unpaired) electrons. The first kappa shape index (κ1) is 15.4. The van der Waals surface area contributed by atoms with Gasteiger partial charge in [-0.1, -0.05) is 15.9 Å². The molecule has 0 amide bonds. The summed E-state index contributed by atoms with van der Waals surface area (Å²) in [5, 5.41) is 11.7. The van der Waals surface area contributed by atoms with Gasteiger partial charge in [-0.25, -0.2) is 18.6 Å². The number of pyridine rings is 1. The molecule has 0 aliphatic heterocycles. The van der Waals surface area contributed by atoms with Crippen LogP contribution in [0.2, 0.25) is 0 Å². The maximum absolute atomic E-state index is 13.8. The minimum absolute atomic E-state index is 0.0971. The highest BCUT2D eigenvalue weighted by Crippen LogP contribution is 2.28. The van der Waals surface area contributed by atoms with E-state index in [2.05, 4.69) is 26.2 Å². The molecule has 1 aromatic carbocycles. The number of rotatable bonds is 3. The van der Waals surface area contributed by atoms with E-state index in [1.807, 2.05) is 0 Å². The predicted octanol–water partition coefficient (Wildman–Crippen LogP) is 4.18. The number of halogens is 3. The molecule has 0 atom stereocenters. The molecule has 0 spiro atoms. The minimum atomic E-state index is -1.22. The number of carbonyl (C=O) groups is 1. The Hall–Kier alpha value is -2.02. The van der Waals surface area contributed by atoms with Crippen LogP contribution in [0.5, 0.6) is 0 Å². The fraction of sp³-hybridized carbons (Fsp3) is 0.143. The number of aromatic nitrogens is 1. The Morgan fingerprint density at radius 2 is 1.81 bits per heavy atom. The van der Waals surface area contributed by atoms with Crippen LogP contribution < -0.4 is 5.32 Å². The van der Waals surface area contributed by atoms with Gasteiger partial charge in [0.05, 0.1) is 0 Å². The molecule has 7 heteroatoms. The third-order valence-electron chi connectivity index (χ3n) is 2.81. The number of aryl methyl sites for hydroxylation is 2. The van der Waals surface area contributed by atoms with Gasteiger partial charge in [-0.3, -0.25) is 0 Å². The van der Waals surface area contributed by atoms with Gasteiger partial charge in [0.2, 0.25) is 0 Å². The van der Waals surface area contributed by atoms with Crippen molar-refractivity contribution in [3.05, 3.63) is 51.1 Å². The second-order valence-electron chi connectivity index (χ2n) is 4.48. The summed E-state index contributed by atoms with van der Waals surface area (Å²) < 4.78 is 27.9. The number of nitrogens with zero attached hydrogens (tertiary/aromatic N) is 1. The molecule has 0 unspecified atom stereocenters. The van der Waals surface area contributed by atoms with Crippen molar-refractivity contribution in [2.75, 3.05) is 5.32 Å². The van der Waals surface area contributed by atoms with E-state index in [4.69, 9.17) is 0 Å². The molecule has 0 saturated carbocycles. The molecule has 2 aromatic rings. The number of carboxylic acids is 1. The van der Waals surface area contributed by atoms with Gasteiger partial charge in [-0.05, 0) is 37.6 Å². The number of carboxylic acid groups (broad SMARTS) is 1. The summed E-state index contributed by atoms with van der Waals surface area (Å²) in [4.78, 5) is 15.3. The van der Waals surface area contributed by atoms with Crippen LogP contribution in [0.25, 0.3) is 0 Å². The topological polar surface area (TPSA) is 62.2 Å². The van der Waals surface area contributed by atoms with Gasteiger partial charge < -0.3 is 10.4 Å². The van der Waals surface area contributed by atoms with Crippen LogP contribution >= 0.6 is 15.9 Å². The van der Waals surface area contributed by atoms with Crippen molar-refractivity contribution in [1.82, 2.24) is 4.98 Å². The summed E-state index contributed by atoms with van der Waals surface area (Å²) in [6, 6.07) is 3.74. The first-order chi connectivity index (χ1) is 9.79. The largest absolute Gasteiger partial charge is 0.478 e. The van der Waals surface area contributed by atoms with Crippen LogP contribution in [-0.4, -0.2) is 16.1 Å². The van der Waals surface area contributed by atoms with E-state index in [1.165, 1.54) is 0 Å². The zero-order valence-corrected chi connectivity index (χ0v) is 12.8. The number of anilines is 2. The molecule has 1 aromatic heterocycles. The molecule has 0 aliphatic carbocycles. The third-order valence-corrected chi connectivity index (χ3v) is 3.27. The average molecular weight is 357 g/mol. The van der Waals surface area contributed by atoms with Gasteiger partial charge in [0.1, 0.15) is 17.1 Å². The van der Waals surface area contributed by atoms with Crippen LogP contribution in [-0.2, 0) is 0 Å². The number of nitrogens with one attached hydrogen (secondary N) is 1. The van der Waals surface area contributed by atoms with Crippen molar-refractivity contribution in [3.8, 4) is 0 Å². The average Bonchev–Trinajstić information content (AvgIpc) is 2.32. The van der Waals surface area contributed by atoms with Gasteiger partial charge in [-0.2, -0.15) is 0 Å². The lowest BCUT2D eigenvalue weighted by molar-refractivity contribution is 0.0697. The molecule has 4 nitrogen and oxygen atoms in total. The smallest absolute Gasteiger partial charge is 0.339 e. The molecule has 1 heterocycles. The predicted molar refractivity (Wildman–Crippen MR) is 78.0 cm³/mol. The number of hydrogen-bond donors (Lipinski definition) is 2. The number of benzene rings is 1. The lowest BCUT2D eigenvalue weighted by Crippen LogP contribution is -2.10. The van der Waals surface area contributed by atoms with Crippen LogP contribution in [0.4, 0.5) is 20.3 Å². The first-order valence-corrected chi connectivity index (χ1v) is 6.72. The highest BCUT2D eigenvalue weighted by Gasteiger charge is 2.19. The van der Waals surface area contributed by atoms with Crippen molar-refractivity contribution >= 4 is 33.4 Å². The van der Waals surface area contributed by atoms with E-state index in [0.717, 1.165) is 12.1 Å². The summed E-state index contributed by atoms with van der Waals surface area (Å²) in [5.74, 6) is -3.01. The minimum Gasteiger partial charge on any atom is -0.478 e. The highest BCUT2D eigenvalue weighted by molar-refractivity contribution is 9.10. The van der Waals surface area contributed by atoms with Crippen molar-refractivity contribution in [2.45, 2.75) is 13.8 Å². The van der Waals surface area contributed by atoms with E-state index in [1.54, 1.807) is 19.9 Å². The molecular formula is C14H11BrF2N2O2. The Bertz CT molecular complexity index is 712. The van der Waals surface area contributed by atoms with Crippen molar-refractivity contribution < 1.29 is 18.7 Å². The lowest BCUT2D eigenvalue weighted by atomic mass is 10.1. The maximum atomic E-state index is 13.8. The molecule has 0 saturated heterocycles. The second kappa shape index (κ2) is 5.77. The zero-order chi connectivity index (χ0) is 15.7. The number of aromatic carboxylic acids is 1. The van der Waals surface area contributed by atoms with Crippen LogP contribution in [0.3, 0.4) is 0 Å². The van der Waals surface area contributed by atoms with Crippen LogP contribution in [0.1, 0.15) is 21.6 Å². The molecule has 2 N–H and O–H groups in total. The molecular weight excluding hydrogens is 346 g/mol. The van der Waals surface area contributed by atoms with E-state index < -0.39 is 23.3 Å². The summed E-state index contributed by atoms with van der Waals surface area (Å²) in [7, 11) is 0. The quantitative estimate of drug-likeness (QED) is 0.865. The van der Waals surface area contributed by atoms with Crippen molar-refractivity contribution in [3.63, 3.8) is 0 Å². The van der Waals surface area contributed by atoms with Gasteiger partial charge >= 0.3 is 5.97 Å². The van der Waals surface area contributed by atoms with Crippen molar-refractivity contribution in [2.24, 2.45) is 0 Å². The van der Waals surface area contributed by atoms with Gasteiger partial charge in [0.25, 0.3) is 0 Å². The fourth-order valence-electron chi connectivity index (χ4n) is 1.98. The van der Waals surface area contributed by atoms with E-state index in [9.17, 15) is 18.7 Å². The monoisotopic (exact) mass is 356 g/mol. The molecule has 0 aliphatic rings. The Balaban J connectivity index is 2.57. The highest BCUT2D eigenvalue weighted by atomic mass is 79.9. The van der Waals surface area contributed by atoms with Gasteiger partial charge in [0, 0.05) is 10.2 Å². The Kier molecular flexibility index (Phi) is 4.22. The van der Waals surface area contributed by atoms with Crippen LogP contribution in [0, 0.1) is 25.5 Å². The first-order valence-electron chi connectivity index (χ1n) is 5.92. The third kappa shape index (κ3) is 3.18. The molecule has 110 valence electrons.